The number of hydrogen-bond donors (Lipinski definition) is 1. The molecule has 0 aliphatic carbocycles. The molecule has 0 aromatic rings. The molecule has 1 amide bonds. The lowest BCUT2D eigenvalue weighted by molar-refractivity contribution is -0.116. The standard InChI is InChI=1S/C9H19NO4Si/c1-6-9(11)10-8(2)7-15(12-3,13-4)14-5/h6,8H,1,7H2,2-5H3,(H,10,11). The van der Waals surface area contributed by atoms with Gasteiger partial charge in [0.1, 0.15) is 0 Å². The second kappa shape index (κ2) is 6.73. The van der Waals surface area contributed by atoms with Gasteiger partial charge in [0.05, 0.1) is 0 Å². The fourth-order valence-electron chi connectivity index (χ4n) is 1.23. The fraction of sp³-hybridized carbons (Fsp3) is 0.667. The van der Waals surface area contributed by atoms with Gasteiger partial charge >= 0.3 is 8.80 Å². The zero-order valence-corrected chi connectivity index (χ0v) is 10.7. The summed E-state index contributed by atoms with van der Waals surface area (Å²) in [6.45, 7) is 5.24. The molecule has 1 N–H and O–H groups in total. The predicted molar refractivity (Wildman–Crippen MR) is 59.4 cm³/mol. The molecule has 1 unspecified atom stereocenters. The summed E-state index contributed by atoms with van der Waals surface area (Å²) < 4.78 is 15.7. The molecule has 0 heterocycles. The normalized spacial score (nSPS) is 13.3. The molecule has 0 aliphatic rings. The van der Waals surface area contributed by atoms with Crippen LogP contribution in [0.25, 0.3) is 0 Å². The summed E-state index contributed by atoms with van der Waals surface area (Å²) in [7, 11) is 2.02. The van der Waals surface area contributed by atoms with Crippen molar-refractivity contribution < 1.29 is 18.1 Å². The van der Waals surface area contributed by atoms with Gasteiger partial charge in [0.2, 0.25) is 5.91 Å². The Kier molecular flexibility index (Phi) is 6.42. The summed E-state index contributed by atoms with van der Waals surface area (Å²) in [5.41, 5.74) is 0. The van der Waals surface area contributed by atoms with Crippen molar-refractivity contribution in [3.8, 4) is 0 Å². The molecule has 0 aromatic heterocycles. The molecular weight excluding hydrogens is 214 g/mol. The first-order valence-corrected chi connectivity index (χ1v) is 6.55. The minimum Gasteiger partial charge on any atom is -0.377 e. The first-order valence-electron chi connectivity index (χ1n) is 4.62. The van der Waals surface area contributed by atoms with Gasteiger partial charge in [-0.3, -0.25) is 4.79 Å². The third-order valence-corrected chi connectivity index (χ3v) is 5.04. The largest absolute Gasteiger partial charge is 0.502 e. The van der Waals surface area contributed by atoms with Crippen molar-refractivity contribution in [3.05, 3.63) is 12.7 Å². The minimum absolute atomic E-state index is 0.0815. The van der Waals surface area contributed by atoms with E-state index >= 15 is 0 Å². The van der Waals surface area contributed by atoms with E-state index in [1.165, 1.54) is 6.08 Å². The average Bonchev–Trinajstić information content (AvgIpc) is 2.26. The molecule has 1 atom stereocenters. The Morgan fingerprint density at radius 3 is 2.20 bits per heavy atom. The highest BCUT2D eigenvalue weighted by Gasteiger charge is 2.39. The summed E-state index contributed by atoms with van der Waals surface area (Å²) >= 11 is 0. The molecule has 0 aromatic carbocycles. The van der Waals surface area contributed by atoms with Crippen LogP contribution in [-0.2, 0) is 18.1 Å². The molecule has 5 nitrogen and oxygen atoms in total. The Bertz CT molecular complexity index is 210. The molecule has 0 fully saturated rings. The molecular formula is C9H19NO4Si. The van der Waals surface area contributed by atoms with Crippen LogP contribution in [0, 0.1) is 0 Å². The first kappa shape index (κ1) is 14.3. The summed E-state index contributed by atoms with van der Waals surface area (Å²) in [6.07, 6.45) is 1.23. The van der Waals surface area contributed by atoms with Crippen LogP contribution < -0.4 is 5.32 Å². The van der Waals surface area contributed by atoms with Crippen LogP contribution in [0.3, 0.4) is 0 Å². The third-order valence-electron chi connectivity index (χ3n) is 2.06. The number of rotatable bonds is 7. The predicted octanol–water partition coefficient (Wildman–Crippen LogP) is 0.555. The third kappa shape index (κ3) is 4.56. The highest BCUT2D eigenvalue weighted by molar-refractivity contribution is 6.60. The van der Waals surface area contributed by atoms with E-state index in [0.29, 0.717) is 6.04 Å². The zero-order valence-electron chi connectivity index (χ0n) is 9.70. The molecule has 0 saturated carbocycles. The highest BCUT2D eigenvalue weighted by Crippen LogP contribution is 2.14. The van der Waals surface area contributed by atoms with Gasteiger partial charge in [-0.2, -0.15) is 0 Å². The number of amides is 1. The Balaban J connectivity index is 4.28. The van der Waals surface area contributed by atoms with Gasteiger partial charge in [-0.1, -0.05) is 6.58 Å². The Morgan fingerprint density at radius 1 is 1.40 bits per heavy atom. The molecule has 15 heavy (non-hydrogen) atoms. The number of nitrogens with one attached hydrogen (secondary N) is 1. The van der Waals surface area contributed by atoms with Gasteiger partial charge in [0.15, 0.2) is 0 Å². The van der Waals surface area contributed by atoms with Crippen molar-refractivity contribution in [2.24, 2.45) is 0 Å². The van der Waals surface area contributed by atoms with Crippen molar-refractivity contribution in [2.75, 3.05) is 21.3 Å². The average molecular weight is 233 g/mol. The highest BCUT2D eigenvalue weighted by atomic mass is 28.4. The van der Waals surface area contributed by atoms with Gasteiger partial charge in [-0.05, 0) is 13.0 Å². The molecule has 0 spiro atoms. The smallest absolute Gasteiger partial charge is 0.377 e. The van der Waals surface area contributed by atoms with Crippen LogP contribution >= 0.6 is 0 Å². The molecule has 0 saturated heterocycles. The lowest BCUT2D eigenvalue weighted by atomic mass is 10.4. The molecule has 0 radical (unpaired) electrons. The lowest BCUT2D eigenvalue weighted by Gasteiger charge is -2.27. The van der Waals surface area contributed by atoms with E-state index in [-0.39, 0.29) is 11.9 Å². The second-order valence-corrected chi connectivity index (χ2v) is 6.11. The quantitative estimate of drug-likeness (QED) is 0.515. The van der Waals surface area contributed by atoms with Crippen molar-refractivity contribution in [1.29, 1.82) is 0 Å². The zero-order chi connectivity index (χ0) is 11.9. The lowest BCUT2D eigenvalue weighted by Crippen LogP contribution is -2.48. The van der Waals surface area contributed by atoms with Crippen LogP contribution in [0.5, 0.6) is 0 Å². The van der Waals surface area contributed by atoms with Crippen molar-refractivity contribution in [2.45, 2.75) is 19.0 Å². The topological polar surface area (TPSA) is 56.8 Å². The maximum absolute atomic E-state index is 11.0. The van der Waals surface area contributed by atoms with Gasteiger partial charge < -0.3 is 18.6 Å². The summed E-state index contributed by atoms with van der Waals surface area (Å²) in [5, 5.41) is 2.73. The summed E-state index contributed by atoms with van der Waals surface area (Å²) in [6, 6.07) is 0.442. The number of hydrogen-bond acceptors (Lipinski definition) is 4. The number of carbonyl (C=O) groups excluding carboxylic acids is 1. The van der Waals surface area contributed by atoms with Crippen LogP contribution in [0.4, 0.5) is 0 Å². The molecule has 0 rings (SSSR count). The molecule has 6 heteroatoms. The fourth-order valence-corrected chi connectivity index (χ4v) is 3.08. The summed E-state index contributed by atoms with van der Waals surface area (Å²) in [4.78, 5) is 11.0. The van der Waals surface area contributed by atoms with E-state index < -0.39 is 8.80 Å². The summed E-state index contributed by atoms with van der Waals surface area (Å²) in [5.74, 6) is -0.214. The Morgan fingerprint density at radius 2 is 1.87 bits per heavy atom. The van der Waals surface area contributed by atoms with Crippen molar-refractivity contribution in [1.82, 2.24) is 5.32 Å². The first-order chi connectivity index (χ1) is 7.03. The van der Waals surface area contributed by atoms with Crippen molar-refractivity contribution in [3.63, 3.8) is 0 Å². The van der Waals surface area contributed by atoms with E-state index in [9.17, 15) is 4.79 Å². The second-order valence-electron chi connectivity index (χ2n) is 3.11. The van der Waals surface area contributed by atoms with Crippen LogP contribution in [-0.4, -0.2) is 42.1 Å². The van der Waals surface area contributed by atoms with Crippen LogP contribution in [0.2, 0.25) is 6.04 Å². The maximum atomic E-state index is 11.0. The van der Waals surface area contributed by atoms with Crippen LogP contribution in [0.1, 0.15) is 6.92 Å². The Labute approximate surface area is 91.8 Å². The monoisotopic (exact) mass is 233 g/mol. The van der Waals surface area contributed by atoms with E-state index in [1.54, 1.807) is 21.3 Å². The van der Waals surface area contributed by atoms with E-state index in [0.717, 1.165) is 0 Å². The van der Waals surface area contributed by atoms with Crippen molar-refractivity contribution >= 4 is 14.7 Å². The SMILES string of the molecule is C=CC(=O)NC(C)C[Si](OC)(OC)OC. The Hall–Kier alpha value is -0.693. The molecule has 0 aliphatic heterocycles. The van der Waals surface area contributed by atoms with E-state index in [4.69, 9.17) is 13.3 Å². The van der Waals surface area contributed by atoms with Gasteiger partial charge in [-0.25, -0.2) is 0 Å². The van der Waals surface area contributed by atoms with Gasteiger partial charge in [-0.15, -0.1) is 0 Å². The molecule has 0 bridgehead atoms. The van der Waals surface area contributed by atoms with Gasteiger partial charge in [0.25, 0.3) is 0 Å². The minimum atomic E-state index is -2.61. The van der Waals surface area contributed by atoms with Gasteiger partial charge in [0, 0.05) is 33.4 Å². The van der Waals surface area contributed by atoms with E-state index in [1.807, 2.05) is 6.92 Å². The van der Waals surface area contributed by atoms with Crippen LogP contribution in [0.15, 0.2) is 12.7 Å². The number of carbonyl (C=O) groups is 1. The van der Waals surface area contributed by atoms with E-state index in [2.05, 4.69) is 11.9 Å². The molecule has 88 valence electrons. The maximum Gasteiger partial charge on any atom is 0.502 e.